The van der Waals surface area contributed by atoms with E-state index in [1.165, 1.54) is 52.6 Å². The fraction of sp³-hybridized carbons (Fsp3) is 0.250. The van der Waals surface area contributed by atoms with E-state index >= 15 is 0 Å². The lowest BCUT2D eigenvalue weighted by atomic mass is 9.98. The van der Waals surface area contributed by atoms with Gasteiger partial charge in [0.15, 0.2) is 12.4 Å². The summed E-state index contributed by atoms with van der Waals surface area (Å²) in [7, 11) is 0. The zero-order valence-electron chi connectivity index (χ0n) is 19.1. The summed E-state index contributed by atoms with van der Waals surface area (Å²) in [5, 5.41) is 8.40. The summed E-state index contributed by atoms with van der Waals surface area (Å²) in [4.78, 5) is 8.09. The Hall–Kier alpha value is -4.16. The second-order valence-corrected chi connectivity index (χ2v) is 8.06. The molecule has 1 unspecified atom stereocenters. The Morgan fingerprint density at radius 2 is 1.70 bits per heavy atom. The van der Waals surface area contributed by atoms with E-state index in [0.29, 0.717) is 11.4 Å². The van der Waals surface area contributed by atoms with Crippen LogP contribution in [0.15, 0.2) is 61.4 Å². The van der Waals surface area contributed by atoms with Crippen LogP contribution in [0.5, 0.6) is 5.75 Å². The van der Waals surface area contributed by atoms with Crippen molar-refractivity contribution in [3.8, 4) is 5.75 Å². The number of hydrogen-bond acceptors (Lipinski definition) is 5. The SMILES string of the molecule is Fc1ccc(C(Cn2cncn2)Cn2cnc(C=Cc3ccc(OCC(F)(F)C(F)F)cc3)n2)c(F)c1. The Morgan fingerprint density at radius 1 is 0.946 bits per heavy atom. The Bertz CT molecular complexity index is 1320. The van der Waals surface area contributed by atoms with Crippen molar-refractivity contribution in [2.75, 3.05) is 6.61 Å². The smallest absolute Gasteiger partial charge is 0.340 e. The third-order valence-corrected chi connectivity index (χ3v) is 5.29. The molecule has 0 aliphatic carbocycles. The van der Waals surface area contributed by atoms with Crippen molar-refractivity contribution in [3.05, 3.63) is 90.0 Å². The maximum Gasteiger partial charge on any atom is 0.340 e. The van der Waals surface area contributed by atoms with E-state index in [0.717, 1.165) is 6.07 Å². The molecular formula is C24H20F6N6O. The van der Waals surface area contributed by atoms with Gasteiger partial charge in [0.05, 0.1) is 13.1 Å². The first-order valence-corrected chi connectivity index (χ1v) is 10.9. The lowest BCUT2D eigenvalue weighted by molar-refractivity contribution is -0.148. The van der Waals surface area contributed by atoms with E-state index in [1.807, 2.05) is 0 Å². The minimum Gasteiger partial charge on any atom is -0.487 e. The van der Waals surface area contributed by atoms with Gasteiger partial charge in [-0.2, -0.15) is 19.0 Å². The monoisotopic (exact) mass is 522 g/mol. The van der Waals surface area contributed by atoms with Crippen LogP contribution in [0.1, 0.15) is 22.9 Å². The summed E-state index contributed by atoms with van der Waals surface area (Å²) in [6, 6.07) is 9.23. The first-order chi connectivity index (χ1) is 17.7. The summed E-state index contributed by atoms with van der Waals surface area (Å²) >= 11 is 0. The quantitative estimate of drug-likeness (QED) is 0.257. The molecule has 0 saturated heterocycles. The molecule has 0 aliphatic heterocycles. The second kappa shape index (κ2) is 11.3. The van der Waals surface area contributed by atoms with Gasteiger partial charge in [-0.05, 0) is 35.4 Å². The number of hydrogen-bond donors (Lipinski definition) is 0. The highest BCUT2D eigenvalue weighted by Crippen LogP contribution is 2.25. The molecule has 194 valence electrons. The van der Waals surface area contributed by atoms with Crippen molar-refractivity contribution >= 4 is 12.2 Å². The van der Waals surface area contributed by atoms with Gasteiger partial charge in [-0.25, -0.2) is 27.5 Å². The standard InChI is InChI=1S/C24H20F6N6O/c25-18-4-7-20(21(26)9-18)17(10-35-14-31-13-33-35)11-36-15-32-22(34-36)8-3-16-1-5-19(6-2-16)37-12-24(29,30)23(27)28/h1-9,13-15,17,23H,10-12H2. The molecule has 13 heteroatoms. The highest BCUT2D eigenvalue weighted by atomic mass is 19.3. The van der Waals surface area contributed by atoms with E-state index in [9.17, 15) is 26.3 Å². The van der Waals surface area contributed by atoms with Crippen molar-refractivity contribution < 1.29 is 31.1 Å². The minimum absolute atomic E-state index is 0.0197. The van der Waals surface area contributed by atoms with E-state index in [2.05, 4.69) is 20.2 Å². The van der Waals surface area contributed by atoms with Gasteiger partial charge in [-0.15, -0.1) is 0 Å². The fourth-order valence-corrected chi connectivity index (χ4v) is 3.43. The third kappa shape index (κ3) is 6.96. The predicted molar refractivity (Wildman–Crippen MR) is 121 cm³/mol. The molecule has 7 nitrogen and oxygen atoms in total. The molecule has 0 aliphatic rings. The van der Waals surface area contributed by atoms with Crippen LogP contribution in [0.2, 0.25) is 0 Å². The molecule has 0 saturated carbocycles. The van der Waals surface area contributed by atoms with Gasteiger partial charge in [-0.1, -0.05) is 24.3 Å². The number of aromatic nitrogens is 6. The fourth-order valence-electron chi connectivity index (χ4n) is 3.43. The summed E-state index contributed by atoms with van der Waals surface area (Å²) < 4.78 is 86.1. The number of ether oxygens (including phenoxy) is 1. The molecule has 2 aromatic carbocycles. The van der Waals surface area contributed by atoms with Crippen molar-refractivity contribution in [2.45, 2.75) is 31.4 Å². The van der Waals surface area contributed by atoms with Crippen molar-refractivity contribution in [3.63, 3.8) is 0 Å². The van der Waals surface area contributed by atoms with Gasteiger partial charge in [0.1, 0.15) is 36.4 Å². The molecule has 1 atom stereocenters. The van der Waals surface area contributed by atoms with Crippen LogP contribution < -0.4 is 4.74 Å². The lowest BCUT2D eigenvalue weighted by Gasteiger charge is -2.18. The third-order valence-electron chi connectivity index (χ3n) is 5.29. The molecule has 37 heavy (non-hydrogen) atoms. The van der Waals surface area contributed by atoms with Crippen LogP contribution in [0.4, 0.5) is 26.3 Å². The van der Waals surface area contributed by atoms with Gasteiger partial charge in [0, 0.05) is 12.0 Å². The van der Waals surface area contributed by atoms with Crippen LogP contribution in [-0.2, 0) is 13.1 Å². The largest absolute Gasteiger partial charge is 0.487 e. The van der Waals surface area contributed by atoms with E-state index in [4.69, 9.17) is 4.74 Å². The first-order valence-electron chi connectivity index (χ1n) is 10.9. The van der Waals surface area contributed by atoms with Crippen LogP contribution in [0.25, 0.3) is 12.2 Å². The summed E-state index contributed by atoms with van der Waals surface area (Å²) in [6.07, 6.45) is 3.76. The second-order valence-electron chi connectivity index (χ2n) is 8.06. The molecule has 4 rings (SSSR count). The maximum atomic E-state index is 14.5. The van der Waals surface area contributed by atoms with Crippen LogP contribution in [-0.4, -0.2) is 48.5 Å². The predicted octanol–water partition coefficient (Wildman–Crippen LogP) is 5.08. The molecule has 0 fully saturated rings. The molecule has 0 N–H and O–H groups in total. The average molecular weight is 522 g/mol. The molecule has 4 aromatic rings. The number of rotatable bonds is 11. The number of benzene rings is 2. The van der Waals surface area contributed by atoms with E-state index in [-0.39, 0.29) is 24.4 Å². The zero-order valence-corrected chi connectivity index (χ0v) is 19.1. The molecule has 0 amide bonds. The summed E-state index contributed by atoms with van der Waals surface area (Å²) in [6.45, 7) is -0.940. The Labute approximate surface area is 207 Å². The van der Waals surface area contributed by atoms with E-state index in [1.54, 1.807) is 24.3 Å². The summed E-state index contributed by atoms with van der Waals surface area (Å²) in [5.74, 6) is -5.69. The van der Waals surface area contributed by atoms with Crippen molar-refractivity contribution in [1.82, 2.24) is 29.5 Å². The molecular weight excluding hydrogens is 502 g/mol. The van der Waals surface area contributed by atoms with Gasteiger partial charge >= 0.3 is 12.3 Å². The Balaban J connectivity index is 1.41. The average Bonchev–Trinajstić information content (AvgIpc) is 3.54. The topological polar surface area (TPSA) is 70.7 Å². The molecule has 2 aromatic heterocycles. The van der Waals surface area contributed by atoms with Gasteiger partial charge in [-0.3, -0.25) is 9.36 Å². The van der Waals surface area contributed by atoms with Crippen LogP contribution in [0, 0.1) is 11.6 Å². The van der Waals surface area contributed by atoms with Crippen molar-refractivity contribution in [2.24, 2.45) is 0 Å². The minimum atomic E-state index is -4.24. The lowest BCUT2D eigenvalue weighted by Crippen LogP contribution is -2.33. The molecule has 0 spiro atoms. The zero-order chi connectivity index (χ0) is 26.4. The highest BCUT2D eigenvalue weighted by molar-refractivity contribution is 5.66. The van der Waals surface area contributed by atoms with Gasteiger partial charge in [0.2, 0.25) is 0 Å². The van der Waals surface area contributed by atoms with Crippen LogP contribution in [0.3, 0.4) is 0 Å². The highest BCUT2D eigenvalue weighted by Gasteiger charge is 2.41. The number of alkyl halides is 4. The Morgan fingerprint density at radius 3 is 2.38 bits per heavy atom. The number of nitrogens with zero attached hydrogens (tertiary/aromatic N) is 6. The normalized spacial score (nSPS) is 12.9. The van der Waals surface area contributed by atoms with Crippen LogP contribution >= 0.6 is 0 Å². The first kappa shape index (κ1) is 25.9. The van der Waals surface area contributed by atoms with Gasteiger partial charge < -0.3 is 4.74 Å². The molecule has 0 radical (unpaired) electrons. The van der Waals surface area contributed by atoms with Gasteiger partial charge in [0.25, 0.3) is 0 Å². The molecule has 2 heterocycles. The van der Waals surface area contributed by atoms with Crippen molar-refractivity contribution in [1.29, 1.82) is 0 Å². The molecule has 0 bridgehead atoms. The maximum absolute atomic E-state index is 14.5. The Kier molecular flexibility index (Phi) is 7.89. The summed E-state index contributed by atoms with van der Waals surface area (Å²) in [5.41, 5.74) is 0.944. The van der Waals surface area contributed by atoms with E-state index < -0.39 is 36.5 Å². The number of halogens is 6.